The Kier molecular flexibility index (Phi) is 4.71. The van der Waals surface area contributed by atoms with E-state index in [0.29, 0.717) is 10.8 Å². The van der Waals surface area contributed by atoms with Crippen LogP contribution in [0.5, 0.6) is 0 Å². The minimum atomic E-state index is -1.16. The second kappa shape index (κ2) is 5.87. The highest BCUT2D eigenvalue weighted by Crippen LogP contribution is 2.13. The number of anilines is 1. The Balaban J connectivity index is 2.63. The van der Waals surface area contributed by atoms with Crippen LogP contribution in [0.15, 0.2) is 5.38 Å². The van der Waals surface area contributed by atoms with Crippen molar-refractivity contribution in [2.24, 2.45) is 0 Å². The maximum absolute atomic E-state index is 11.5. The summed E-state index contributed by atoms with van der Waals surface area (Å²) >= 11 is 1.22. The molecular weight excluding hydrogens is 270 g/mol. The van der Waals surface area contributed by atoms with E-state index in [1.165, 1.54) is 11.3 Å². The molecule has 1 atom stereocenters. The van der Waals surface area contributed by atoms with E-state index in [1.807, 2.05) is 0 Å². The number of amides is 1. The summed E-state index contributed by atoms with van der Waals surface area (Å²) in [6.45, 7) is 5.09. The topological polar surface area (TPSA) is 115 Å². The molecule has 0 saturated carbocycles. The van der Waals surface area contributed by atoms with E-state index >= 15 is 0 Å². The van der Waals surface area contributed by atoms with Crippen LogP contribution in [0.25, 0.3) is 0 Å². The number of hydrogen-bond acceptors (Lipinski definition) is 6. The summed E-state index contributed by atoms with van der Waals surface area (Å²) in [5.41, 5.74) is 5.30. The second-order valence-corrected chi connectivity index (χ2v) is 5.81. The molecule has 0 bridgehead atoms. The average molecular weight is 287 g/mol. The number of thiazole rings is 1. The predicted octanol–water partition coefficient (Wildman–Crippen LogP) is 1.25. The minimum absolute atomic E-state index is 0.0578. The maximum Gasteiger partial charge on any atom is 0.408 e. The lowest BCUT2D eigenvalue weighted by Gasteiger charge is -2.21. The van der Waals surface area contributed by atoms with Crippen LogP contribution in [0.1, 0.15) is 26.5 Å². The first-order valence-electron chi connectivity index (χ1n) is 5.59. The largest absolute Gasteiger partial charge is 0.480 e. The Morgan fingerprint density at radius 3 is 2.63 bits per heavy atom. The van der Waals surface area contributed by atoms with Crippen LogP contribution in [0.2, 0.25) is 0 Å². The van der Waals surface area contributed by atoms with Gasteiger partial charge in [-0.05, 0) is 20.8 Å². The maximum atomic E-state index is 11.5. The van der Waals surface area contributed by atoms with Crippen LogP contribution in [-0.2, 0) is 16.0 Å². The molecule has 7 nitrogen and oxygen atoms in total. The first kappa shape index (κ1) is 15.2. The van der Waals surface area contributed by atoms with Crippen LogP contribution in [0.3, 0.4) is 0 Å². The molecule has 0 aromatic carbocycles. The summed E-state index contributed by atoms with van der Waals surface area (Å²) in [5, 5.41) is 13.4. The number of rotatable bonds is 4. The molecule has 1 aromatic heterocycles. The van der Waals surface area contributed by atoms with Crippen molar-refractivity contribution in [3.63, 3.8) is 0 Å². The number of alkyl carbamates (subject to hydrolysis) is 1. The lowest BCUT2D eigenvalue weighted by Crippen LogP contribution is -2.44. The van der Waals surface area contributed by atoms with Crippen LogP contribution in [0, 0.1) is 0 Å². The molecule has 8 heteroatoms. The molecule has 0 saturated heterocycles. The van der Waals surface area contributed by atoms with Crippen LogP contribution in [0.4, 0.5) is 9.93 Å². The van der Waals surface area contributed by atoms with Gasteiger partial charge in [0.15, 0.2) is 5.13 Å². The molecule has 19 heavy (non-hydrogen) atoms. The normalized spacial score (nSPS) is 12.8. The van der Waals surface area contributed by atoms with E-state index in [9.17, 15) is 9.59 Å². The zero-order chi connectivity index (χ0) is 14.6. The van der Waals surface area contributed by atoms with Crippen molar-refractivity contribution in [3.8, 4) is 0 Å². The molecule has 0 radical (unpaired) electrons. The van der Waals surface area contributed by atoms with Gasteiger partial charge in [-0.15, -0.1) is 11.3 Å². The van der Waals surface area contributed by atoms with Gasteiger partial charge >= 0.3 is 12.1 Å². The van der Waals surface area contributed by atoms with Gasteiger partial charge in [-0.3, -0.25) is 0 Å². The summed E-state index contributed by atoms with van der Waals surface area (Å²) in [5.74, 6) is -1.16. The van der Waals surface area contributed by atoms with Gasteiger partial charge in [-0.1, -0.05) is 0 Å². The van der Waals surface area contributed by atoms with E-state index < -0.39 is 23.7 Å². The fourth-order valence-corrected chi connectivity index (χ4v) is 1.85. The van der Waals surface area contributed by atoms with Crippen molar-refractivity contribution < 1.29 is 19.4 Å². The highest BCUT2D eigenvalue weighted by Gasteiger charge is 2.24. The van der Waals surface area contributed by atoms with Gasteiger partial charge in [0.2, 0.25) is 0 Å². The lowest BCUT2D eigenvalue weighted by atomic mass is 10.2. The molecule has 0 spiro atoms. The Labute approximate surface area is 114 Å². The Hall–Kier alpha value is -1.83. The van der Waals surface area contributed by atoms with Crippen LogP contribution >= 0.6 is 11.3 Å². The van der Waals surface area contributed by atoms with Gasteiger partial charge in [-0.25, -0.2) is 14.6 Å². The monoisotopic (exact) mass is 287 g/mol. The number of nitrogens with zero attached hydrogens (tertiary/aromatic N) is 1. The van der Waals surface area contributed by atoms with E-state index in [2.05, 4.69) is 10.3 Å². The number of carbonyl (C=O) groups is 2. The van der Waals surface area contributed by atoms with Crippen molar-refractivity contribution in [2.45, 2.75) is 38.8 Å². The molecule has 0 unspecified atom stereocenters. The van der Waals surface area contributed by atoms with E-state index in [0.717, 1.165) is 0 Å². The fraction of sp³-hybridized carbons (Fsp3) is 0.545. The number of carboxylic acid groups (broad SMARTS) is 1. The first-order valence-corrected chi connectivity index (χ1v) is 6.47. The zero-order valence-corrected chi connectivity index (χ0v) is 11.8. The van der Waals surface area contributed by atoms with E-state index in [-0.39, 0.29) is 6.42 Å². The standard InChI is InChI=1S/C11H17N3O4S/c1-11(2,3)18-10(17)14-7(8(15)16)4-6-5-19-9(12)13-6/h5,7H,4H2,1-3H3,(H2,12,13)(H,14,17)(H,15,16)/t7-/m1/s1. The third-order valence-corrected chi connectivity index (χ3v) is 2.69. The highest BCUT2D eigenvalue weighted by atomic mass is 32.1. The zero-order valence-electron chi connectivity index (χ0n) is 11.0. The number of nitrogen functional groups attached to an aromatic ring is 1. The third kappa shape index (κ3) is 5.56. The number of nitrogens with one attached hydrogen (secondary N) is 1. The molecule has 106 valence electrons. The van der Waals surface area contributed by atoms with E-state index in [4.69, 9.17) is 15.6 Å². The molecule has 1 heterocycles. The molecule has 0 fully saturated rings. The third-order valence-electron chi connectivity index (χ3n) is 1.97. The number of aliphatic carboxylic acids is 1. The molecular formula is C11H17N3O4S. The second-order valence-electron chi connectivity index (χ2n) is 4.92. The van der Waals surface area contributed by atoms with Gasteiger partial charge < -0.3 is 20.9 Å². The van der Waals surface area contributed by atoms with Crippen molar-refractivity contribution >= 4 is 28.5 Å². The van der Waals surface area contributed by atoms with Gasteiger partial charge in [0, 0.05) is 11.8 Å². The number of aromatic nitrogens is 1. The molecule has 0 aliphatic rings. The number of ether oxygens (including phenoxy) is 1. The lowest BCUT2D eigenvalue weighted by molar-refractivity contribution is -0.139. The van der Waals surface area contributed by atoms with Crippen molar-refractivity contribution in [3.05, 3.63) is 11.1 Å². The summed E-state index contributed by atoms with van der Waals surface area (Å²) in [7, 11) is 0. The van der Waals surface area contributed by atoms with Crippen molar-refractivity contribution in [1.29, 1.82) is 0 Å². The smallest absolute Gasteiger partial charge is 0.408 e. The van der Waals surface area contributed by atoms with E-state index in [1.54, 1.807) is 26.2 Å². The summed E-state index contributed by atoms with van der Waals surface area (Å²) < 4.78 is 5.01. The molecule has 1 aromatic rings. The summed E-state index contributed by atoms with van der Waals surface area (Å²) in [6.07, 6.45) is -0.717. The van der Waals surface area contributed by atoms with Gasteiger partial charge in [0.05, 0.1) is 5.69 Å². The number of nitrogens with two attached hydrogens (primary N) is 1. The average Bonchev–Trinajstić information content (AvgIpc) is 2.60. The first-order chi connectivity index (χ1) is 8.67. The number of carboxylic acids is 1. The molecule has 1 amide bonds. The summed E-state index contributed by atoms with van der Waals surface area (Å²) in [4.78, 5) is 26.6. The molecule has 0 aliphatic carbocycles. The van der Waals surface area contributed by atoms with Gasteiger partial charge in [-0.2, -0.15) is 0 Å². The van der Waals surface area contributed by atoms with Crippen molar-refractivity contribution in [2.75, 3.05) is 5.73 Å². The molecule has 1 rings (SSSR count). The molecule has 0 aliphatic heterocycles. The van der Waals surface area contributed by atoms with Crippen molar-refractivity contribution in [1.82, 2.24) is 10.3 Å². The quantitative estimate of drug-likeness (QED) is 0.767. The Bertz CT molecular complexity index is 467. The van der Waals surface area contributed by atoms with Gasteiger partial charge in [0.25, 0.3) is 0 Å². The predicted molar refractivity (Wildman–Crippen MR) is 71.0 cm³/mol. The van der Waals surface area contributed by atoms with Gasteiger partial charge in [0.1, 0.15) is 11.6 Å². The number of carbonyl (C=O) groups excluding carboxylic acids is 1. The minimum Gasteiger partial charge on any atom is -0.480 e. The van der Waals surface area contributed by atoms with Crippen LogP contribution in [-0.4, -0.2) is 33.8 Å². The van der Waals surface area contributed by atoms with Crippen LogP contribution < -0.4 is 11.1 Å². The fourth-order valence-electron chi connectivity index (χ4n) is 1.28. The Morgan fingerprint density at radius 2 is 2.21 bits per heavy atom. The summed E-state index contributed by atoms with van der Waals surface area (Å²) in [6, 6.07) is -1.10. The SMILES string of the molecule is CC(C)(C)OC(=O)N[C@H](Cc1csc(N)n1)C(=O)O. The highest BCUT2D eigenvalue weighted by molar-refractivity contribution is 7.13. The number of hydrogen-bond donors (Lipinski definition) is 3. The molecule has 4 N–H and O–H groups in total. The Morgan fingerprint density at radius 1 is 1.58 bits per heavy atom.